The number of nitrogens with zero attached hydrogens (tertiary/aromatic N) is 2. The Morgan fingerprint density at radius 2 is 1.91 bits per heavy atom. The first-order valence-electron chi connectivity index (χ1n) is 9.21. The van der Waals surface area contributed by atoms with Crippen LogP contribution in [0.4, 0.5) is 5.69 Å². The van der Waals surface area contributed by atoms with Crippen molar-refractivity contribution < 1.29 is 19.4 Å². The van der Waals surface area contributed by atoms with Crippen LogP contribution >= 0.6 is 11.3 Å². The summed E-state index contributed by atoms with van der Waals surface area (Å²) in [5.74, 6) is -1.47. The van der Waals surface area contributed by atoms with Gasteiger partial charge >= 0.3 is 0 Å². The van der Waals surface area contributed by atoms with Gasteiger partial charge in [0, 0.05) is 16.0 Å². The Balaban J connectivity index is 1.78. The topological polar surface area (TPSA) is 129 Å². The van der Waals surface area contributed by atoms with Crippen LogP contribution in [-0.2, 0) is 4.79 Å². The third-order valence-corrected chi connectivity index (χ3v) is 4.95. The molecule has 0 radical (unpaired) electrons. The predicted molar refractivity (Wildman–Crippen MR) is 122 cm³/mol. The summed E-state index contributed by atoms with van der Waals surface area (Å²) in [6, 6.07) is 14.8. The third kappa shape index (κ3) is 5.64. The molecule has 32 heavy (non-hydrogen) atoms. The molecule has 0 saturated carbocycles. The van der Waals surface area contributed by atoms with E-state index in [2.05, 4.69) is 21.0 Å². The normalized spacial score (nSPS) is 11.2. The van der Waals surface area contributed by atoms with Gasteiger partial charge in [0.15, 0.2) is 17.2 Å². The molecule has 9 nitrogen and oxygen atoms in total. The first kappa shape index (κ1) is 22.4. The van der Waals surface area contributed by atoms with Gasteiger partial charge in [-0.3, -0.25) is 9.59 Å². The number of thiophene rings is 1. The standard InChI is InChI=1S/C22H18N4O5S/c1-31-19-11-14(10-17(26-30)20(19)27)13-23-25-22(29)18(12-16-8-5-9-32-16)24-21(28)15-6-3-2-4-7-15/h2-13,27H,1H3,(H,24,28)(H,25,29)/b18-12-,23-13+. The average Bonchev–Trinajstić information content (AvgIpc) is 3.33. The molecule has 3 rings (SSSR count). The van der Waals surface area contributed by atoms with Crippen LogP contribution in [0.1, 0.15) is 20.8 Å². The molecule has 162 valence electrons. The second kappa shape index (κ2) is 10.6. The number of nitroso groups, excluding NO2 is 1. The van der Waals surface area contributed by atoms with Gasteiger partial charge in [0.05, 0.1) is 13.3 Å². The molecule has 3 N–H and O–H groups in total. The highest BCUT2D eigenvalue weighted by Gasteiger charge is 2.15. The molecule has 0 atom stereocenters. The minimum atomic E-state index is -0.654. The number of carbonyl (C=O) groups excluding carboxylic acids is 2. The van der Waals surface area contributed by atoms with Crippen molar-refractivity contribution in [2.75, 3.05) is 7.11 Å². The number of benzene rings is 2. The molecule has 0 aliphatic rings. The van der Waals surface area contributed by atoms with Crippen LogP contribution < -0.4 is 15.5 Å². The number of methoxy groups -OCH3 is 1. The minimum absolute atomic E-state index is 0.00279. The molecule has 0 aliphatic carbocycles. The summed E-state index contributed by atoms with van der Waals surface area (Å²) < 4.78 is 4.98. The van der Waals surface area contributed by atoms with Crippen LogP contribution in [0.15, 0.2) is 76.0 Å². The van der Waals surface area contributed by atoms with Crippen molar-refractivity contribution in [2.45, 2.75) is 0 Å². The Morgan fingerprint density at radius 3 is 2.56 bits per heavy atom. The number of carbonyl (C=O) groups is 2. The fourth-order valence-corrected chi connectivity index (χ4v) is 3.25. The average molecular weight is 450 g/mol. The molecule has 0 unspecified atom stereocenters. The molecular formula is C22H18N4O5S. The summed E-state index contributed by atoms with van der Waals surface area (Å²) in [6.07, 6.45) is 2.78. The predicted octanol–water partition coefficient (Wildman–Crippen LogP) is 3.78. The Bertz CT molecular complexity index is 1170. The molecule has 0 aliphatic heterocycles. The van der Waals surface area contributed by atoms with Crippen molar-refractivity contribution in [1.29, 1.82) is 0 Å². The van der Waals surface area contributed by atoms with Crippen LogP contribution in [-0.4, -0.2) is 30.2 Å². The fraction of sp³-hybridized carbons (Fsp3) is 0.0455. The number of amides is 2. The highest BCUT2D eigenvalue weighted by atomic mass is 32.1. The zero-order chi connectivity index (χ0) is 22.9. The largest absolute Gasteiger partial charge is 0.503 e. The lowest BCUT2D eigenvalue weighted by Crippen LogP contribution is -2.32. The monoisotopic (exact) mass is 450 g/mol. The quantitative estimate of drug-likeness (QED) is 0.208. The molecule has 3 aromatic rings. The number of hydrogen-bond donors (Lipinski definition) is 3. The smallest absolute Gasteiger partial charge is 0.287 e. The van der Waals surface area contributed by atoms with Crippen LogP contribution in [0.25, 0.3) is 6.08 Å². The maximum atomic E-state index is 12.7. The number of nitrogens with one attached hydrogen (secondary N) is 2. The molecule has 1 aromatic heterocycles. The van der Waals surface area contributed by atoms with E-state index in [0.29, 0.717) is 11.1 Å². The SMILES string of the molecule is COc1cc(/C=N/NC(=O)/C(=C/c2cccs2)NC(=O)c2ccccc2)cc(N=O)c1O. The Labute approximate surface area is 187 Å². The summed E-state index contributed by atoms with van der Waals surface area (Å²) in [5, 5.41) is 20.8. The van der Waals surface area contributed by atoms with Gasteiger partial charge in [-0.2, -0.15) is 5.10 Å². The maximum Gasteiger partial charge on any atom is 0.287 e. The van der Waals surface area contributed by atoms with Crippen molar-refractivity contribution in [1.82, 2.24) is 10.7 Å². The van der Waals surface area contributed by atoms with Crippen molar-refractivity contribution in [3.63, 3.8) is 0 Å². The summed E-state index contributed by atoms with van der Waals surface area (Å²) >= 11 is 1.40. The van der Waals surface area contributed by atoms with E-state index in [1.807, 2.05) is 11.4 Å². The van der Waals surface area contributed by atoms with Gasteiger partial charge in [0.2, 0.25) is 0 Å². The lowest BCUT2D eigenvalue weighted by Gasteiger charge is -2.09. The van der Waals surface area contributed by atoms with Gasteiger partial charge in [-0.05, 0) is 47.0 Å². The fourth-order valence-electron chi connectivity index (χ4n) is 2.60. The number of hydrogen-bond acceptors (Lipinski definition) is 8. The van der Waals surface area contributed by atoms with Crippen molar-refractivity contribution in [3.05, 3.63) is 86.6 Å². The van der Waals surface area contributed by atoms with Crippen molar-refractivity contribution >= 4 is 41.1 Å². The summed E-state index contributed by atoms with van der Waals surface area (Å²) in [6.45, 7) is 0. The molecule has 10 heteroatoms. The van der Waals surface area contributed by atoms with E-state index in [-0.39, 0.29) is 17.1 Å². The second-order valence-corrected chi connectivity index (χ2v) is 7.25. The van der Waals surface area contributed by atoms with E-state index in [1.165, 1.54) is 42.9 Å². The van der Waals surface area contributed by atoms with E-state index >= 15 is 0 Å². The molecule has 2 amide bonds. The molecular weight excluding hydrogens is 432 g/mol. The summed E-state index contributed by atoms with van der Waals surface area (Å²) in [4.78, 5) is 36.8. The van der Waals surface area contributed by atoms with E-state index in [1.54, 1.807) is 36.4 Å². The van der Waals surface area contributed by atoms with Gasteiger partial charge in [0.25, 0.3) is 11.8 Å². The minimum Gasteiger partial charge on any atom is -0.503 e. The van der Waals surface area contributed by atoms with Gasteiger partial charge < -0.3 is 15.2 Å². The lowest BCUT2D eigenvalue weighted by atomic mass is 10.2. The first-order chi connectivity index (χ1) is 15.5. The van der Waals surface area contributed by atoms with Crippen LogP contribution in [0.2, 0.25) is 0 Å². The second-order valence-electron chi connectivity index (χ2n) is 6.27. The van der Waals surface area contributed by atoms with Gasteiger partial charge in [0.1, 0.15) is 5.70 Å². The molecule has 0 saturated heterocycles. The van der Waals surface area contributed by atoms with E-state index in [4.69, 9.17) is 4.74 Å². The van der Waals surface area contributed by atoms with E-state index in [9.17, 15) is 19.6 Å². The highest BCUT2D eigenvalue weighted by molar-refractivity contribution is 7.10. The summed E-state index contributed by atoms with van der Waals surface area (Å²) in [5.41, 5.74) is 2.84. The number of aromatic hydroxyl groups is 1. The van der Waals surface area contributed by atoms with Gasteiger partial charge in [-0.25, -0.2) is 5.43 Å². The van der Waals surface area contributed by atoms with Gasteiger partial charge in [-0.1, -0.05) is 24.3 Å². The Kier molecular flexibility index (Phi) is 7.44. The summed E-state index contributed by atoms with van der Waals surface area (Å²) in [7, 11) is 1.32. The van der Waals surface area contributed by atoms with Crippen LogP contribution in [0, 0.1) is 4.91 Å². The van der Waals surface area contributed by atoms with Crippen molar-refractivity contribution in [3.8, 4) is 11.5 Å². The maximum absolute atomic E-state index is 12.7. The number of ether oxygens (including phenoxy) is 1. The van der Waals surface area contributed by atoms with Crippen molar-refractivity contribution in [2.24, 2.45) is 10.3 Å². The lowest BCUT2D eigenvalue weighted by molar-refractivity contribution is -0.117. The number of hydrazone groups is 1. The highest BCUT2D eigenvalue weighted by Crippen LogP contribution is 2.36. The molecule has 0 spiro atoms. The molecule has 1 heterocycles. The number of rotatable bonds is 8. The zero-order valence-electron chi connectivity index (χ0n) is 16.8. The van der Waals surface area contributed by atoms with E-state index in [0.717, 1.165) is 4.88 Å². The number of phenols is 1. The van der Waals surface area contributed by atoms with Gasteiger partial charge in [-0.15, -0.1) is 16.2 Å². The Morgan fingerprint density at radius 1 is 1.12 bits per heavy atom. The zero-order valence-corrected chi connectivity index (χ0v) is 17.6. The molecule has 0 bridgehead atoms. The first-order valence-corrected chi connectivity index (χ1v) is 10.1. The van der Waals surface area contributed by atoms with Crippen LogP contribution in [0.3, 0.4) is 0 Å². The van der Waals surface area contributed by atoms with Crippen LogP contribution in [0.5, 0.6) is 11.5 Å². The molecule has 0 fully saturated rings. The Hall–Kier alpha value is -4.31. The third-order valence-electron chi connectivity index (χ3n) is 4.13. The number of phenolic OH excluding ortho intramolecular Hbond substituents is 1. The molecule has 2 aromatic carbocycles. The van der Waals surface area contributed by atoms with E-state index < -0.39 is 17.6 Å².